The van der Waals surface area contributed by atoms with E-state index in [-0.39, 0.29) is 22.1 Å². The third-order valence-electron chi connectivity index (χ3n) is 7.33. The molecule has 1 saturated heterocycles. The molecule has 1 aliphatic rings. The molecule has 1 atom stereocenters. The number of nitrogens with zero attached hydrogens (tertiary/aromatic N) is 2. The predicted octanol–water partition coefficient (Wildman–Crippen LogP) is 4.82. The Morgan fingerprint density at radius 1 is 1.21 bits per heavy atom. The highest BCUT2D eigenvalue weighted by molar-refractivity contribution is 6.35. The number of aromatic amines is 1. The number of anilines is 1. The zero-order valence-electron chi connectivity index (χ0n) is 22.6. The molecule has 4 aromatic rings. The van der Waals surface area contributed by atoms with Crippen LogP contribution in [0.5, 0.6) is 5.75 Å². The van der Waals surface area contributed by atoms with Crippen LogP contribution in [0.3, 0.4) is 0 Å². The molecule has 3 heterocycles. The van der Waals surface area contributed by atoms with Crippen molar-refractivity contribution in [2.45, 2.75) is 59.0 Å². The lowest BCUT2D eigenvalue weighted by molar-refractivity contribution is -0.698. The summed E-state index contributed by atoms with van der Waals surface area (Å²) in [5, 5.41) is 10.4. The van der Waals surface area contributed by atoms with Crippen LogP contribution in [0.1, 0.15) is 54.1 Å². The molecule has 1 amide bonds. The van der Waals surface area contributed by atoms with Crippen molar-refractivity contribution >= 4 is 34.2 Å². The third-order valence-corrected chi connectivity index (χ3v) is 7.64. The van der Waals surface area contributed by atoms with Gasteiger partial charge in [-0.2, -0.15) is 5.10 Å². The lowest BCUT2D eigenvalue weighted by atomic mass is 9.98. The lowest BCUT2D eigenvalue weighted by Gasteiger charge is -2.21. The van der Waals surface area contributed by atoms with E-state index < -0.39 is 0 Å². The summed E-state index contributed by atoms with van der Waals surface area (Å²) in [5.74, 6) is 0.689. The van der Waals surface area contributed by atoms with Gasteiger partial charge < -0.3 is 20.4 Å². The number of hydrogen-bond donors (Lipinski definition) is 3. The Bertz CT molecular complexity index is 1550. The van der Waals surface area contributed by atoms with Crippen molar-refractivity contribution in [3.63, 3.8) is 0 Å². The number of pyridine rings is 1. The minimum Gasteiger partial charge on any atom is -0.492 e. The number of nitrogens with two attached hydrogens (primary N) is 1. The molecule has 5 rings (SSSR count). The van der Waals surface area contributed by atoms with E-state index in [2.05, 4.69) is 26.8 Å². The van der Waals surface area contributed by atoms with Gasteiger partial charge >= 0.3 is 0 Å². The second-order valence-corrected chi connectivity index (χ2v) is 10.7. The molecule has 39 heavy (non-hydrogen) atoms. The molecule has 0 aliphatic carbocycles. The number of carbonyl (C=O) groups excluding carboxylic acids is 1. The first-order valence-corrected chi connectivity index (χ1v) is 14.0. The van der Waals surface area contributed by atoms with Crippen LogP contribution in [0.25, 0.3) is 22.0 Å². The smallest absolute Gasteiger partial charge is 0.260 e. The number of benzene rings is 2. The molecule has 0 spiro atoms. The Balaban J connectivity index is 1.60. The molecule has 9 heteroatoms. The van der Waals surface area contributed by atoms with Crippen LogP contribution in [0.2, 0.25) is 5.02 Å². The molecule has 1 fully saturated rings. The van der Waals surface area contributed by atoms with Crippen molar-refractivity contribution < 1.29 is 14.8 Å². The Hall–Kier alpha value is -3.62. The van der Waals surface area contributed by atoms with Gasteiger partial charge in [0.2, 0.25) is 0 Å². The summed E-state index contributed by atoms with van der Waals surface area (Å²) in [7, 11) is 0. The van der Waals surface area contributed by atoms with Gasteiger partial charge in [0, 0.05) is 24.4 Å². The average Bonchev–Trinajstić information content (AvgIpc) is 3.35. The molecule has 0 radical (unpaired) electrons. The summed E-state index contributed by atoms with van der Waals surface area (Å²) in [5.41, 5.74) is 3.89. The fraction of sp³-hybridized carbons (Fsp3) is 0.367. The molecular weight excluding hydrogens is 514 g/mol. The lowest BCUT2D eigenvalue weighted by Crippen LogP contribution is -2.91. The number of quaternary nitrogens is 1. The van der Waals surface area contributed by atoms with Gasteiger partial charge in [0.05, 0.1) is 47.1 Å². The fourth-order valence-corrected chi connectivity index (χ4v) is 5.71. The van der Waals surface area contributed by atoms with Gasteiger partial charge in [0.15, 0.2) is 0 Å². The number of H-pyrrole nitrogens is 1. The normalized spacial score (nSPS) is 15.4. The zero-order valence-corrected chi connectivity index (χ0v) is 23.4. The van der Waals surface area contributed by atoms with Gasteiger partial charge in [0.1, 0.15) is 11.6 Å². The summed E-state index contributed by atoms with van der Waals surface area (Å²) < 4.78 is 8.15. The van der Waals surface area contributed by atoms with Crippen molar-refractivity contribution in [3.05, 3.63) is 74.7 Å². The number of aryl methyl sites for hydroxylation is 3. The van der Waals surface area contributed by atoms with E-state index in [9.17, 15) is 9.59 Å². The predicted molar refractivity (Wildman–Crippen MR) is 155 cm³/mol. The van der Waals surface area contributed by atoms with E-state index in [1.54, 1.807) is 29.1 Å². The minimum absolute atomic E-state index is 0.236. The van der Waals surface area contributed by atoms with Crippen LogP contribution in [-0.2, 0) is 6.54 Å². The summed E-state index contributed by atoms with van der Waals surface area (Å²) in [4.78, 5) is 29.8. The van der Waals surface area contributed by atoms with E-state index in [1.165, 1.54) is 12.8 Å². The highest BCUT2D eigenvalue weighted by Gasteiger charge is 2.22. The van der Waals surface area contributed by atoms with Gasteiger partial charge in [-0.05, 0) is 57.7 Å². The van der Waals surface area contributed by atoms with Gasteiger partial charge in [0.25, 0.3) is 11.5 Å². The molecule has 204 valence electrons. The van der Waals surface area contributed by atoms with Crippen molar-refractivity contribution in [3.8, 4) is 16.9 Å². The number of halogens is 1. The minimum atomic E-state index is -0.362. The van der Waals surface area contributed by atoms with E-state index in [0.717, 1.165) is 36.1 Å². The summed E-state index contributed by atoms with van der Waals surface area (Å²) in [6, 6.07) is 11.6. The zero-order chi connectivity index (χ0) is 27.5. The molecule has 8 nitrogen and oxygen atoms in total. The summed E-state index contributed by atoms with van der Waals surface area (Å²) in [6.07, 6.45) is 6.16. The van der Waals surface area contributed by atoms with Gasteiger partial charge in [-0.25, -0.2) is 4.68 Å². The maximum atomic E-state index is 13.5. The fourth-order valence-electron chi connectivity index (χ4n) is 5.46. The number of nitrogens with one attached hydrogen (secondary N) is 2. The largest absolute Gasteiger partial charge is 0.492 e. The Kier molecular flexibility index (Phi) is 8.04. The number of ether oxygens (including phenoxy) is 1. The van der Waals surface area contributed by atoms with E-state index in [4.69, 9.17) is 16.3 Å². The Labute approximate surface area is 232 Å². The Morgan fingerprint density at radius 2 is 2.00 bits per heavy atom. The number of piperidine rings is 1. The molecular formula is C30H35ClN5O3+. The van der Waals surface area contributed by atoms with Crippen LogP contribution < -0.4 is 20.9 Å². The molecule has 4 N–H and O–H groups in total. The first-order chi connectivity index (χ1) is 18.8. The molecule has 0 bridgehead atoms. The third kappa shape index (κ3) is 5.87. The first-order valence-electron chi connectivity index (χ1n) is 13.6. The number of amides is 1. The average molecular weight is 549 g/mol. The second kappa shape index (κ2) is 11.6. The number of aromatic nitrogens is 3. The second-order valence-electron chi connectivity index (χ2n) is 10.3. The molecule has 1 unspecified atom stereocenters. The van der Waals surface area contributed by atoms with Crippen molar-refractivity contribution in [2.75, 3.05) is 18.5 Å². The monoisotopic (exact) mass is 548 g/mol. The molecule has 1 aliphatic heterocycles. The molecule has 2 aromatic carbocycles. The Morgan fingerprint density at radius 3 is 2.72 bits per heavy atom. The van der Waals surface area contributed by atoms with Crippen LogP contribution in [-0.4, -0.2) is 39.9 Å². The maximum Gasteiger partial charge on any atom is 0.260 e. The van der Waals surface area contributed by atoms with Crippen LogP contribution in [0, 0.1) is 13.8 Å². The molecule has 0 saturated carbocycles. The van der Waals surface area contributed by atoms with Crippen molar-refractivity contribution in [2.24, 2.45) is 0 Å². The van der Waals surface area contributed by atoms with Crippen molar-refractivity contribution in [1.29, 1.82) is 0 Å². The highest BCUT2D eigenvalue weighted by atomic mass is 35.5. The van der Waals surface area contributed by atoms with Crippen molar-refractivity contribution in [1.82, 2.24) is 14.8 Å². The standard InChI is InChI=1S/C30H34ClN5O3/c1-4-36-26(8-11-33-36)35-29(37)22-16-23-25(17-24(22)31)34-30(38)27(20-14-18(2)13-19(3)15-20)28(23)39-12-9-21-7-5-6-10-32-21/h8,11,13-17,21,32H,4-7,9-10,12H2,1-3H3,(H,34,38)(H,35,37)/p+1. The van der Waals surface area contributed by atoms with Crippen LogP contribution >= 0.6 is 11.6 Å². The number of fused-ring (bicyclic) bond motifs is 1. The summed E-state index contributed by atoms with van der Waals surface area (Å²) in [6.45, 7) is 8.19. The van der Waals surface area contributed by atoms with Gasteiger partial charge in [-0.1, -0.05) is 40.9 Å². The first kappa shape index (κ1) is 27.0. The van der Waals surface area contributed by atoms with E-state index in [0.29, 0.717) is 47.2 Å². The summed E-state index contributed by atoms with van der Waals surface area (Å²) >= 11 is 6.57. The number of carbonyl (C=O) groups is 1. The molecule has 2 aromatic heterocycles. The maximum absolute atomic E-state index is 13.5. The van der Waals surface area contributed by atoms with Gasteiger partial charge in [-0.3, -0.25) is 9.59 Å². The quantitative estimate of drug-likeness (QED) is 0.293. The highest BCUT2D eigenvalue weighted by Crippen LogP contribution is 2.36. The van der Waals surface area contributed by atoms with E-state index >= 15 is 0 Å². The van der Waals surface area contributed by atoms with Crippen LogP contribution in [0.15, 0.2) is 47.4 Å². The van der Waals surface area contributed by atoms with Gasteiger partial charge in [-0.15, -0.1) is 0 Å². The van der Waals surface area contributed by atoms with E-state index in [1.807, 2.05) is 32.9 Å². The van der Waals surface area contributed by atoms with Crippen LogP contribution in [0.4, 0.5) is 5.82 Å². The topological polar surface area (TPSA) is 106 Å². The SMILES string of the molecule is CCn1nccc1NC(=O)c1cc2c(OCCC3CCCC[NH2+]3)c(-c3cc(C)cc(C)c3)c(=O)[nH]c2cc1Cl. The number of rotatable bonds is 8. The number of hydrogen-bond acceptors (Lipinski definition) is 4.